The largest absolute Gasteiger partial charge is 0.390 e. The zero-order chi connectivity index (χ0) is 10.0. The standard InChI is InChI=1S/C12H23NO/c1-12(14,11-6-7-13-9-11)8-10-4-2-3-5-10/h10-11,13-14H,2-9H2,1H3. The van der Waals surface area contributed by atoms with E-state index in [0.717, 1.165) is 31.8 Å². The molecule has 2 nitrogen and oxygen atoms in total. The predicted molar refractivity (Wildman–Crippen MR) is 58.2 cm³/mol. The third-order valence-corrected chi connectivity index (χ3v) is 4.12. The molecule has 2 N–H and O–H groups in total. The van der Waals surface area contributed by atoms with E-state index in [-0.39, 0.29) is 0 Å². The second kappa shape index (κ2) is 4.19. The van der Waals surface area contributed by atoms with Crippen LogP contribution in [0.2, 0.25) is 0 Å². The molecule has 1 aliphatic carbocycles. The molecule has 0 aromatic heterocycles. The molecule has 0 spiro atoms. The van der Waals surface area contributed by atoms with Gasteiger partial charge in [0.25, 0.3) is 0 Å². The fourth-order valence-electron chi connectivity index (χ4n) is 3.15. The lowest BCUT2D eigenvalue weighted by atomic mass is 9.80. The average molecular weight is 197 g/mol. The topological polar surface area (TPSA) is 32.3 Å². The van der Waals surface area contributed by atoms with Gasteiger partial charge in [-0.2, -0.15) is 0 Å². The third-order valence-electron chi connectivity index (χ3n) is 4.12. The second-order valence-corrected chi connectivity index (χ2v) is 5.40. The van der Waals surface area contributed by atoms with Gasteiger partial charge in [0, 0.05) is 12.5 Å². The van der Waals surface area contributed by atoms with E-state index in [9.17, 15) is 5.11 Å². The van der Waals surface area contributed by atoms with E-state index in [0.29, 0.717) is 5.92 Å². The molecule has 82 valence electrons. The Morgan fingerprint density at radius 3 is 2.57 bits per heavy atom. The molecule has 1 aliphatic heterocycles. The van der Waals surface area contributed by atoms with E-state index in [2.05, 4.69) is 5.32 Å². The van der Waals surface area contributed by atoms with Gasteiger partial charge < -0.3 is 10.4 Å². The Morgan fingerprint density at radius 2 is 2.00 bits per heavy atom. The van der Waals surface area contributed by atoms with Gasteiger partial charge in [-0.3, -0.25) is 0 Å². The van der Waals surface area contributed by atoms with Gasteiger partial charge >= 0.3 is 0 Å². The van der Waals surface area contributed by atoms with Crippen molar-refractivity contribution in [1.29, 1.82) is 0 Å². The highest BCUT2D eigenvalue weighted by Crippen LogP contribution is 2.36. The molecule has 2 heteroatoms. The predicted octanol–water partition coefficient (Wildman–Crippen LogP) is 1.93. The molecule has 0 radical (unpaired) electrons. The number of hydrogen-bond donors (Lipinski definition) is 2. The normalized spacial score (nSPS) is 33.4. The maximum atomic E-state index is 10.4. The van der Waals surface area contributed by atoms with Crippen molar-refractivity contribution in [3.8, 4) is 0 Å². The van der Waals surface area contributed by atoms with Crippen LogP contribution in [0.1, 0.15) is 45.4 Å². The molecule has 0 aromatic carbocycles. The van der Waals surface area contributed by atoms with Crippen LogP contribution in [0, 0.1) is 11.8 Å². The van der Waals surface area contributed by atoms with Gasteiger partial charge in [-0.1, -0.05) is 25.7 Å². The second-order valence-electron chi connectivity index (χ2n) is 5.40. The van der Waals surface area contributed by atoms with Gasteiger partial charge in [0.05, 0.1) is 5.60 Å². The lowest BCUT2D eigenvalue weighted by Gasteiger charge is -2.32. The smallest absolute Gasteiger partial charge is 0.0663 e. The summed E-state index contributed by atoms with van der Waals surface area (Å²) >= 11 is 0. The van der Waals surface area contributed by atoms with Crippen LogP contribution in [0.25, 0.3) is 0 Å². The summed E-state index contributed by atoms with van der Waals surface area (Å²) in [4.78, 5) is 0. The number of hydrogen-bond acceptors (Lipinski definition) is 2. The van der Waals surface area contributed by atoms with E-state index in [4.69, 9.17) is 0 Å². The van der Waals surface area contributed by atoms with Crippen molar-refractivity contribution in [1.82, 2.24) is 5.32 Å². The lowest BCUT2D eigenvalue weighted by Crippen LogP contribution is -2.37. The Balaban J connectivity index is 1.86. The van der Waals surface area contributed by atoms with E-state index < -0.39 is 5.60 Å². The molecule has 2 unspecified atom stereocenters. The molecule has 2 rings (SSSR count). The summed E-state index contributed by atoms with van der Waals surface area (Å²) in [5.74, 6) is 1.29. The molecule has 1 heterocycles. The molecule has 1 saturated carbocycles. The molecule has 1 saturated heterocycles. The number of nitrogens with one attached hydrogen (secondary N) is 1. The minimum atomic E-state index is -0.418. The Hall–Kier alpha value is -0.0800. The molecule has 0 aromatic rings. The zero-order valence-electron chi connectivity index (χ0n) is 9.26. The molecule has 0 amide bonds. The van der Waals surface area contributed by atoms with Crippen LogP contribution in [0.5, 0.6) is 0 Å². The first-order chi connectivity index (χ1) is 6.68. The molecule has 2 atom stereocenters. The summed E-state index contributed by atoms with van der Waals surface area (Å²) < 4.78 is 0. The van der Waals surface area contributed by atoms with Gasteiger partial charge in [-0.05, 0) is 32.2 Å². The van der Waals surface area contributed by atoms with Crippen molar-refractivity contribution < 1.29 is 5.11 Å². The SMILES string of the molecule is CC(O)(CC1CCCC1)C1CCNC1. The fourth-order valence-corrected chi connectivity index (χ4v) is 3.15. The first-order valence-corrected chi connectivity index (χ1v) is 6.11. The molecular weight excluding hydrogens is 174 g/mol. The fraction of sp³-hybridized carbons (Fsp3) is 1.00. The molecule has 14 heavy (non-hydrogen) atoms. The highest BCUT2D eigenvalue weighted by molar-refractivity contribution is 4.90. The van der Waals surface area contributed by atoms with Crippen molar-refractivity contribution in [2.24, 2.45) is 11.8 Å². The summed E-state index contributed by atoms with van der Waals surface area (Å²) in [6.45, 7) is 4.15. The van der Waals surface area contributed by atoms with Crippen LogP contribution < -0.4 is 5.32 Å². The maximum Gasteiger partial charge on any atom is 0.0663 e. The van der Waals surface area contributed by atoms with Crippen molar-refractivity contribution in [2.45, 2.75) is 51.0 Å². The summed E-state index contributed by atoms with van der Waals surface area (Å²) in [5.41, 5.74) is -0.418. The maximum absolute atomic E-state index is 10.4. The van der Waals surface area contributed by atoms with Crippen molar-refractivity contribution in [2.75, 3.05) is 13.1 Å². The monoisotopic (exact) mass is 197 g/mol. The summed E-state index contributed by atoms with van der Waals surface area (Å²) in [6, 6.07) is 0. The van der Waals surface area contributed by atoms with Crippen LogP contribution in [0.15, 0.2) is 0 Å². The van der Waals surface area contributed by atoms with Crippen LogP contribution in [0.3, 0.4) is 0 Å². The van der Waals surface area contributed by atoms with Crippen LogP contribution in [0.4, 0.5) is 0 Å². The molecular formula is C12H23NO. The van der Waals surface area contributed by atoms with Crippen molar-refractivity contribution >= 4 is 0 Å². The average Bonchev–Trinajstić information content (AvgIpc) is 2.71. The van der Waals surface area contributed by atoms with E-state index >= 15 is 0 Å². The zero-order valence-corrected chi connectivity index (χ0v) is 9.26. The highest BCUT2D eigenvalue weighted by Gasteiger charge is 2.36. The molecule has 0 bridgehead atoms. The van der Waals surface area contributed by atoms with Crippen LogP contribution in [-0.4, -0.2) is 23.8 Å². The summed E-state index contributed by atoms with van der Waals surface area (Å²) in [7, 11) is 0. The first-order valence-electron chi connectivity index (χ1n) is 6.11. The van der Waals surface area contributed by atoms with Crippen molar-refractivity contribution in [3.63, 3.8) is 0 Å². The quantitative estimate of drug-likeness (QED) is 0.724. The van der Waals surface area contributed by atoms with Gasteiger partial charge in [-0.25, -0.2) is 0 Å². The Labute approximate surface area is 87.1 Å². The Bertz CT molecular complexity index is 179. The first kappa shape index (κ1) is 10.4. The Kier molecular flexibility index (Phi) is 3.13. The number of aliphatic hydroxyl groups is 1. The van der Waals surface area contributed by atoms with Crippen LogP contribution in [-0.2, 0) is 0 Å². The minimum absolute atomic E-state index is 0.418. The third kappa shape index (κ3) is 2.29. The van der Waals surface area contributed by atoms with Crippen LogP contribution >= 0.6 is 0 Å². The molecule has 2 fully saturated rings. The highest BCUT2D eigenvalue weighted by atomic mass is 16.3. The number of rotatable bonds is 3. The summed E-state index contributed by atoms with van der Waals surface area (Å²) in [5, 5.41) is 13.8. The van der Waals surface area contributed by atoms with Gasteiger partial charge in [0.2, 0.25) is 0 Å². The minimum Gasteiger partial charge on any atom is -0.390 e. The summed E-state index contributed by atoms with van der Waals surface area (Å²) in [6.07, 6.45) is 7.62. The Morgan fingerprint density at radius 1 is 1.29 bits per heavy atom. The van der Waals surface area contributed by atoms with Crippen molar-refractivity contribution in [3.05, 3.63) is 0 Å². The van der Waals surface area contributed by atoms with E-state index in [1.54, 1.807) is 0 Å². The van der Waals surface area contributed by atoms with E-state index in [1.165, 1.54) is 25.7 Å². The molecule has 2 aliphatic rings. The van der Waals surface area contributed by atoms with E-state index in [1.807, 2.05) is 6.92 Å². The van der Waals surface area contributed by atoms with Gasteiger partial charge in [-0.15, -0.1) is 0 Å². The van der Waals surface area contributed by atoms with Gasteiger partial charge in [0.1, 0.15) is 0 Å². The lowest BCUT2D eigenvalue weighted by molar-refractivity contribution is -0.0146. The van der Waals surface area contributed by atoms with Gasteiger partial charge in [0.15, 0.2) is 0 Å².